The number of hydrogen-bond donors (Lipinski definition) is 1. The number of piperazine rings is 1. The van der Waals surface area contributed by atoms with Gasteiger partial charge in [-0.15, -0.1) is 0 Å². The van der Waals surface area contributed by atoms with Gasteiger partial charge in [0.2, 0.25) is 11.8 Å². The topological polar surface area (TPSA) is 52.7 Å². The molecule has 0 saturated carbocycles. The first-order valence-corrected chi connectivity index (χ1v) is 10.2. The van der Waals surface area contributed by atoms with Gasteiger partial charge in [0.15, 0.2) is 0 Å². The summed E-state index contributed by atoms with van der Waals surface area (Å²) in [5.41, 5.74) is 1.78. The fraction of sp³-hybridized carbons (Fsp3) is 0.273. The number of halogens is 2. The van der Waals surface area contributed by atoms with Gasteiger partial charge in [-0.2, -0.15) is 0 Å². The molecule has 0 bridgehead atoms. The van der Waals surface area contributed by atoms with Crippen LogP contribution in [0.25, 0.3) is 6.08 Å². The number of hydrogen-bond acceptors (Lipinski definition) is 3. The SMILES string of the molecule is O=C(CN1CCN(C(=O)C=Cc2cc(Cl)ccc2Cl)CC1)NCc1ccccc1. The fourth-order valence-electron chi connectivity index (χ4n) is 3.09. The van der Waals surface area contributed by atoms with Crippen molar-refractivity contribution in [2.45, 2.75) is 6.54 Å². The zero-order chi connectivity index (χ0) is 20.6. The van der Waals surface area contributed by atoms with Gasteiger partial charge in [-0.05, 0) is 35.4 Å². The van der Waals surface area contributed by atoms with Crippen LogP contribution in [0.3, 0.4) is 0 Å². The third-order valence-corrected chi connectivity index (χ3v) is 5.33. The van der Waals surface area contributed by atoms with E-state index < -0.39 is 0 Å². The van der Waals surface area contributed by atoms with Crippen molar-refractivity contribution in [3.8, 4) is 0 Å². The van der Waals surface area contributed by atoms with E-state index in [9.17, 15) is 9.59 Å². The summed E-state index contributed by atoms with van der Waals surface area (Å²) in [4.78, 5) is 28.4. The van der Waals surface area contributed by atoms with E-state index >= 15 is 0 Å². The minimum Gasteiger partial charge on any atom is -0.351 e. The Balaban J connectivity index is 1.42. The fourth-order valence-corrected chi connectivity index (χ4v) is 3.45. The van der Waals surface area contributed by atoms with Crippen LogP contribution in [0.2, 0.25) is 10.0 Å². The Morgan fingerprint density at radius 3 is 2.45 bits per heavy atom. The number of rotatable bonds is 6. The molecule has 152 valence electrons. The van der Waals surface area contributed by atoms with Crippen molar-refractivity contribution in [1.29, 1.82) is 0 Å². The minimum atomic E-state index is -0.0748. The molecule has 3 rings (SSSR count). The van der Waals surface area contributed by atoms with Crippen molar-refractivity contribution in [3.63, 3.8) is 0 Å². The van der Waals surface area contributed by atoms with Crippen molar-refractivity contribution in [2.24, 2.45) is 0 Å². The van der Waals surface area contributed by atoms with E-state index in [1.165, 1.54) is 6.08 Å². The number of nitrogens with zero attached hydrogens (tertiary/aromatic N) is 2. The molecule has 0 radical (unpaired) electrons. The van der Waals surface area contributed by atoms with E-state index in [1.54, 1.807) is 29.2 Å². The smallest absolute Gasteiger partial charge is 0.246 e. The molecule has 0 spiro atoms. The van der Waals surface area contributed by atoms with Crippen LogP contribution < -0.4 is 5.32 Å². The Morgan fingerprint density at radius 1 is 1.00 bits per heavy atom. The van der Waals surface area contributed by atoms with Crippen LogP contribution >= 0.6 is 23.2 Å². The molecule has 2 aromatic rings. The molecule has 0 aromatic heterocycles. The standard InChI is InChI=1S/C22H23Cl2N3O2/c23-19-7-8-20(24)18(14-19)6-9-22(29)27-12-10-26(11-13-27)16-21(28)25-15-17-4-2-1-3-5-17/h1-9,14H,10-13,15-16H2,(H,25,28). The minimum absolute atomic E-state index is 0.0101. The monoisotopic (exact) mass is 431 g/mol. The van der Waals surface area contributed by atoms with Crippen molar-refractivity contribution < 1.29 is 9.59 Å². The third-order valence-electron chi connectivity index (χ3n) is 4.75. The lowest BCUT2D eigenvalue weighted by Gasteiger charge is -2.33. The number of benzene rings is 2. The van der Waals surface area contributed by atoms with E-state index in [0.717, 1.165) is 5.56 Å². The first-order valence-electron chi connectivity index (χ1n) is 9.46. The number of carbonyl (C=O) groups is 2. The summed E-state index contributed by atoms with van der Waals surface area (Å²) in [7, 11) is 0. The molecule has 29 heavy (non-hydrogen) atoms. The molecule has 1 fully saturated rings. The predicted octanol–water partition coefficient (Wildman–Crippen LogP) is 3.47. The maximum atomic E-state index is 12.4. The summed E-state index contributed by atoms with van der Waals surface area (Å²) < 4.78 is 0. The third kappa shape index (κ3) is 6.60. The molecule has 0 aliphatic carbocycles. The average Bonchev–Trinajstić information content (AvgIpc) is 2.74. The van der Waals surface area contributed by atoms with E-state index in [0.29, 0.717) is 54.9 Å². The number of carbonyl (C=O) groups excluding carboxylic acids is 2. The molecular weight excluding hydrogens is 409 g/mol. The molecule has 1 heterocycles. The largest absolute Gasteiger partial charge is 0.351 e. The van der Waals surface area contributed by atoms with Crippen LogP contribution in [0.4, 0.5) is 0 Å². The first-order chi connectivity index (χ1) is 14.0. The predicted molar refractivity (Wildman–Crippen MR) is 117 cm³/mol. The molecule has 5 nitrogen and oxygen atoms in total. The summed E-state index contributed by atoms with van der Waals surface area (Å²) in [6.45, 7) is 3.35. The van der Waals surface area contributed by atoms with Crippen LogP contribution in [0, 0.1) is 0 Å². The van der Waals surface area contributed by atoms with Crippen LogP contribution in [0.15, 0.2) is 54.6 Å². The number of nitrogens with one attached hydrogen (secondary N) is 1. The van der Waals surface area contributed by atoms with Gasteiger partial charge in [-0.25, -0.2) is 0 Å². The van der Waals surface area contributed by atoms with Gasteiger partial charge in [-0.3, -0.25) is 14.5 Å². The second kappa shape index (κ2) is 10.4. The second-order valence-electron chi connectivity index (χ2n) is 6.86. The highest BCUT2D eigenvalue weighted by atomic mass is 35.5. The molecule has 1 saturated heterocycles. The summed E-state index contributed by atoms with van der Waals surface area (Å²) in [6.07, 6.45) is 3.19. The summed E-state index contributed by atoms with van der Waals surface area (Å²) in [5, 5.41) is 4.05. The first kappa shape index (κ1) is 21.4. The molecular formula is C22H23Cl2N3O2. The van der Waals surface area contributed by atoms with Crippen LogP contribution in [-0.2, 0) is 16.1 Å². The maximum absolute atomic E-state index is 12.4. The lowest BCUT2D eigenvalue weighted by Crippen LogP contribution is -2.50. The van der Waals surface area contributed by atoms with Gasteiger partial charge in [0, 0.05) is 48.8 Å². The van der Waals surface area contributed by atoms with Crippen molar-refractivity contribution in [1.82, 2.24) is 15.1 Å². The van der Waals surface area contributed by atoms with Crippen LogP contribution in [-0.4, -0.2) is 54.3 Å². The molecule has 1 N–H and O–H groups in total. The molecule has 1 aliphatic heterocycles. The highest BCUT2D eigenvalue weighted by Crippen LogP contribution is 2.21. The molecule has 2 amide bonds. The Hall–Kier alpha value is -2.34. The van der Waals surface area contributed by atoms with Gasteiger partial charge in [0.25, 0.3) is 0 Å². The van der Waals surface area contributed by atoms with E-state index in [1.807, 2.05) is 30.3 Å². The lowest BCUT2D eigenvalue weighted by atomic mass is 10.2. The van der Waals surface area contributed by atoms with Crippen LogP contribution in [0.1, 0.15) is 11.1 Å². The highest BCUT2D eigenvalue weighted by molar-refractivity contribution is 6.34. The van der Waals surface area contributed by atoms with Gasteiger partial charge in [-0.1, -0.05) is 53.5 Å². The molecule has 0 atom stereocenters. The average molecular weight is 432 g/mol. The van der Waals surface area contributed by atoms with Crippen molar-refractivity contribution in [2.75, 3.05) is 32.7 Å². The van der Waals surface area contributed by atoms with E-state index in [2.05, 4.69) is 10.2 Å². The number of amides is 2. The summed E-state index contributed by atoms with van der Waals surface area (Å²) >= 11 is 12.1. The van der Waals surface area contributed by atoms with Gasteiger partial charge < -0.3 is 10.2 Å². The lowest BCUT2D eigenvalue weighted by molar-refractivity contribution is -0.128. The summed E-state index contributed by atoms with van der Waals surface area (Å²) in [6, 6.07) is 14.9. The molecule has 2 aromatic carbocycles. The van der Waals surface area contributed by atoms with E-state index in [4.69, 9.17) is 23.2 Å². The highest BCUT2D eigenvalue weighted by Gasteiger charge is 2.21. The Labute approximate surface area is 180 Å². The summed E-state index contributed by atoms with van der Waals surface area (Å²) in [5.74, 6) is -0.0849. The zero-order valence-electron chi connectivity index (χ0n) is 16.0. The Bertz CT molecular complexity index is 879. The van der Waals surface area contributed by atoms with Gasteiger partial charge in [0.05, 0.1) is 6.54 Å². The van der Waals surface area contributed by atoms with Crippen molar-refractivity contribution >= 4 is 41.1 Å². The van der Waals surface area contributed by atoms with Gasteiger partial charge in [0.1, 0.15) is 0 Å². The molecule has 7 heteroatoms. The molecule has 0 unspecified atom stereocenters. The van der Waals surface area contributed by atoms with Crippen LogP contribution in [0.5, 0.6) is 0 Å². The normalized spacial score (nSPS) is 14.9. The Morgan fingerprint density at radius 2 is 1.72 bits per heavy atom. The van der Waals surface area contributed by atoms with Gasteiger partial charge >= 0.3 is 0 Å². The maximum Gasteiger partial charge on any atom is 0.246 e. The molecule has 1 aliphatic rings. The second-order valence-corrected chi connectivity index (χ2v) is 7.71. The quantitative estimate of drug-likeness (QED) is 0.712. The Kier molecular flexibility index (Phi) is 7.69. The van der Waals surface area contributed by atoms with E-state index in [-0.39, 0.29) is 11.8 Å². The zero-order valence-corrected chi connectivity index (χ0v) is 17.5. The van der Waals surface area contributed by atoms with Crippen molar-refractivity contribution in [3.05, 3.63) is 75.8 Å².